The molecule has 0 atom stereocenters. The summed E-state index contributed by atoms with van der Waals surface area (Å²) in [5.41, 5.74) is 5.95. The highest BCUT2D eigenvalue weighted by Crippen LogP contribution is 2.42. The maximum absolute atomic E-state index is 10.3. The Bertz CT molecular complexity index is 875. The fraction of sp³-hybridized carbons (Fsp3) is 0.300. The first-order valence-electron chi connectivity index (χ1n) is 7.60. The first kappa shape index (κ1) is 14.7. The third-order valence-electron chi connectivity index (χ3n) is 5.03. The number of rotatable bonds is 0. The fourth-order valence-corrected chi connectivity index (χ4v) is 3.77. The monoisotopic (exact) mass is 294 g/mol. The highest BCUT2D eigenvalue weighted by molar-refractivity contribution is 6.09. The maximum atomic E-state index is 10.3. The van der Waals surface area contributed by atoms with E-state index >= 15 is 0 Å². The average molecular weight is 294 g/mol. The van der Waals surface area contributed by atoms with Gasteiger partial charge in [-0.2, -0.15) is 0 Å². The van der Waals surface area contributed by atoms with Gasteiger partial charge >= 0.3 is 0 Å². The molecule has 2 nitrogen and oxygen atoms in total. The minimum absolute atomic E-state index is 0.364. The number of phenols is 2. The summed E-state index contributed by atoms with van der Waals surface area (Å²) in [5.74, 6) is 0.728. The Balaban J connectivity index is 2.71. The SMILES string of the molecule is Cc1cc2c(C)c3cc(C)c(O)c(C)c3c(C)c2c(C)c1O. The van der Waals surface area contributed by atoms with Gasteiger partial charge in [0.15, 0.2) is 0 Å². The van der Waals surface area contributed by atoms with Crippen molar-refractivity contribution in [3.63, 3.8) is 0 Å². The Hall–Kier alpha value is -2.22. The van der Waals surface area contributed by atoms with Crippen molar-refractivity contribution < 1.29 is 10.2 Å². The summed E-state index contributed by atoms with van der Waals surface area (Å²) in [4.78, 5) is 0. The van der Waals surface area contributed by atoms with Crippen molar-refractivity contribution in [1.82, 2.24) is 0 Å². The number of phenolic OH excluding ortho intramolecular Hbond substituents is 2. The van der Waals surface area contributed by atoms with Crippen molar-refractivity contribution in [1.29, 1.82) is 0 Å². The zero-order chi connectivity index (χ0) is 16.3. The zero-order valence-corrected chi connectivity index (χ0v) is 14.0. The molecule has 114 valence electrons. The summed E-state index contributed by atoms with van der Waals surface area (Å²) in [6, 6.07) is 4.13. The molecule has 0 saturated carbocycles. The fourth-order valence-electron chi connectivity index (χ4n) is 3.77. The molecule has 0 amide bonds. The highest BCUT2D eigenvalue weighted by atomic mass is 16.3. The minimum Gasteiger partial charge on any atom is -0.507 e. The van der Waals surface area contributed by atoms with Gasteiger partial charge in [0.2, 0.25) is 0 Å². The average Bonchev–Trinajstić information content (AvgIpc) is 2.47. The van der Waals surface area contributed by atoms with Crippen LogP contribution in [0.5, 0.6) is 11.5 Å². The van der Waals surface area contributed by atoms with Gasteiger partial charge in [-0.15, -0.1) is 0 Å². The van der Waals surface area contributed by atoms with Crippen LogP contribution in [0.3, 0.4) is 0 Å². The first-order valence-corrected chi connectivity index (χ1v) is 7.60. The van der Waals surface area contributed by atoms with E-state index < -0.39 is 0 Å². The lowest BCUT2D eigenvalue weighted by atomic mass is 9.86. The van der Waals surface area contributed by atoms with Crippen LogP contribution in [0.1, 0.15) is 33.4 Å². The summed E-state index contributed by atoms with van der Waals surface area (Å²) in [5, 5.41) is 25.2. The molecule has 0 saturated heterocycles. The van der Waals surface area contributed by atoms with Crippen LogP contribution in [0.4, 0.5) is 0 Å². The first-order chi connectivity index (χ1) is 10.3. The minimum atomic E-state index is 0.364. The molecule has 3 rings (SSSR count). The molecule has 0 fully saturated rings. The van der Waals surface area contributed by atoms with Gasteiger partial charge in [0.05, 0.1) is 0 Å². The van der Waals surface area contributed by atoms with Gasteiger partial charge in [-0.25, -0.2) is 0 Å². The van der Waals surface area contributed by atoms with Crippen LogP contribution in [-0.4, -0.2) is 10.2 Å². The van der Waals surface area contributed by atoms with E-state index in [-0.39, 0.29) is 0 Å². The smallest absolute Gasteiger partial charge is 0.122 e. The lowest BCUT2D eigenvalue weighted by molar-refractivity contribution is 0.468. The number of fused-ring (bicyclic) bond motifs is 2. The van der Waals surface area contributed by atoms with Crippen LogP contribution < -0.4 is 0 Å². The summed E-state index contributed by atoms with van der Waals surface area (Å²) in [6.07, 6.45) is 0. The summed E-state index contributed by atoms with van der Waals surface area (Å²) < 4.78 is 0. The second-order valence-corrected chi connectivity index (χ2v) is 6.43. The molecular weight excluding hydrogens is 272 g/mol. The molecule has 3 aromatic rings. The zero-order valence-electron chi connectivity index (χ0n) is 14.0. The van der Waals surface area contributed by atoms with Gasteiger partial charge in [-0.05, 0) is 109 Å². The second kappa shape index (κ2) is 4.64. The van der Waals surface area contributed by atoms with Gasteiger partial charge in [0.1, 0.15) is 11.5 Å². The van der Waals surface area contributed by atoms with Crippen LogP contribution in [0, 0.1) is 41.5 Å². The molecule has 0 aromatic heterocycles. The van der Waals surface area contributed by atoms with Crippen molar-refractivity contribution in [2.24, 2.45) is 0 Å². The van der Waals surface area contributed by atoms with Gasteiger partial charge in [0, 0.05) is 0 Å². The van der Waals surface area contributed by atoms with E-state index in [4.69, 9.17) is 0 Å². The second-order valence-electron chi connectivity index (χ2n) is 6.43. The molecule has 0 unspecified atom stereocenters. The van der Waals surface area contributed by atoms with E-state index in [0.717, 1.165) is 38.6 Å². The Morgan fingerprint density at radius 3 is 1.27 bits per heavy atom. The van der Waals surface area contributed by atoms with Crippen molar-refractivity contribution >= 4 is 21.5 Å². The molecule has 0 bridgehead atoms. The van der Waals surface area contributed by atoms with Crippen LogP contribution in [0.25, 0.3) is 21.5 Å². The molecule has 2 heteroatoms. The van der Waals surface area contributed by atoms with Crippen molar-refractivity contribution in [2.75, 3.05) is 0 Å². The Labute approximate surface area is 131 Å². The van der Waals surface area contributed by atoms with Crippen molar-refractivity contribution in [2.45, 2.75) is 41.5 Å². The van der Waals surface area contributed by atoms with E-state index in [0.29, 0.717) is 11.5 Å². The highest BCUT2D eigenvalue weighted by Gasteiger charge is 2.17. The Kier molecular flexibility index (Phi) is 3.10. The molecular formula is C20H22O2. The molecule has 0 radical (unpaired) electrons. The summed E-state index contributed by atoms with van der Waals surface area (Å²) >= 11 is 0. The van der Waals surface area contributed by atoms with E-state index in [9.17, 15) is 10.2 Å². The largest absolute Gasteiger partial charge is 0.507 e. The quantitative estimate of drug-likeness (QED) is 0.556. The topological polar surface area (TPSA) is 40.5 Å². The van der Waals surface area contributed by atoms with E-state index in [1.54, 1.807) is 0 Å². The van der Waals surface area contributed by atoms with Crippen LogP contribution in [0.15, 0.2) is 12.1 Å². The number of benzene rings is 3. The molecule has 3 aromatic carbocycles. The lowest BCUT2D eigenvalue weighted by Crippen LogP contribution is -1.96. The predicted octanol–water partition coefficient (Wildman–Crippen LogP) is 5.25. The van der Waals surface area contributed by atoms with E-state index in [1.807, 2.05) is 27.7 Å². The number of hydrogen-bond donors (Lipinski definition) is 2. The molecule has 2 N–H and O–H groups in total. The van der Waals surface area contributed by atoms with Crippen LogP contribution >= 0.6 is 0 Å². The molecule has 0 spiro atoms. The predicted molar refractivity (Wildman–Crippen MR) is 93.2 cm³/mol. The molecule has 0 heterocycles. The van der Waals surface area contributed by atoms with Crippen LogP contribution in [-0.2, 0) is 0 Å². The maximum Gasteiger partial charge on any atom is 0.122 e. The molecule has 0 aliphatic rings. The Morgan fingerprint density at radius 1 is 0.545 bits per heavy atom. The number of aryl methyl sites for hydroxylation is 6. The Morgan fingerprint density at radius 2 is 0.909 bits per heavy atom. The van der Waals surface area contributed by atoms with Crippen molar-refractivity contribution in [3.8, 4) is 11.5 Å². The molecule has 0 aliphatic heterocycles. The van der Waals surface area contributed by atoms with Crippen molar-refractivity contribution in [3.05, 3.63) is 45.5 Å². The lowest BCUT2D eigenvalue weighted by Gasteiger charge is -2.19. The summed E-state index contributed by atoms with van der Waals surface area (Å²) in [6.45, 7) is 12.0. The van der Waals surface area contributed by atoms with E-state index in [1.165, 1.54) is 16.3 Å². The van der Waals surface area contributed by atoms with Gasteiger partial charge in [-0.1, -0.05) is 0 Å². The summed E-state index contributed by atoms with van der Waals surface area (Å²) in [7, 11) is 0. The number of aromatic hydroxyl groups is 2. The van der Waals surface area contributed by atoms with Crippen LogP contribution in [0.2, 0.25) is 0 Å². The third kappa shape index (κ3) is 1.73. The normalized spacial score (nSPS) is 11.5. The van der Waals surface area contributed by atoms with Gasteiger partial charge < -0.3 is 10.2 Å². The van der Waals surface area contributed by atoms with Gasteiger partial charge in [0.25, 0.3) is 0 Å². The molecule has 0 aliphatic carbocycles. The number of hydrogen-bond acceptors (Lipinski definition) is 2. The third-order valence-corrected chi connectivity index (χ3v) is 5.03. The molecule has 22 heavy (non-hydrogen) atoms. The van der Waals surface area contributed by atoms with E-state index in [2.05, 4.69) is 26.0 Å². The van der Waals surface area contributed by atoms with Gasteiger partial charge in [-0.3, -0.25) is 0 Å². The standard InChI is InChI=1S/C20H22O2/c1-9-7-15-11(3)16-8-10(2)20(22)14(6)18(16)12(4)17(15)13(5)19(9)21/h7-8,21-22H,1-6H3.